The van der Waals surface area contributed by atoms with Gasteiger partial charge in [-0.3, -0.25) is 9.52 Å². The number of hydrogen-bond donors (Lipinski definition) is 5. The van der Waals surface area contributed by atoms with Gasteiger partial charge in [-0.15, -0.1) is 0 Å². The first-order chi connectivity index (χ1) is 15.5. The molecule has 0 aliphatic heterocycles. The summed E-state index contributed by atoms with van der Waals surface area (Å²) in [5.74, 6) is -1.74. The zero-order chi connectivity index (χ0) is 24.3. The fourth-order valence-corrected chi connectivity index (χ4v) is 4.50. The highest BCUT2D eigenvalue weighted by atomic mass is 32.2. The molecule has 0 fully saturated rings. The van der Waals surface area contributed by atoms with Crippen molar-refractivity contribution in [2.24, 2.45) is 11.5 Å². The van der Waals surface area contributed by atoms with Crippen LogP contribution in [-0.2, 0) is 22.9 Å². The number of phenolic OH excluding ortho intramolecular Hbond substituents is 2. The van der Waals surface area contributed by atoms with Crippen LogP contribution >= 0.6 is 0 Å². The topological polar surface area (TPSA) is 156 Å². The first-order valence-corrected chi connectivity index (χ1v) is 12.2. The Morgan fingerprint density at radius 1 is 1.06 bits per heavy atom. The lowest BCUT2D eigenvalue weighted by molar-refractivity contribution is 0.100. The summed E-state index contributed by atoms with van der Waals surface area (Å²) < 4.78 is 25.7. The van der Waals surface area contributed by atoms with Gasteiger partial charge in [-0.05, 0) is 47.7 Å². The van der Waals surface area contributed by atoms with Gasteiger partial charge in [0, 0.05) is 22.7 Å². The molecule has 0 spiro atoms. The van der Waals surface area contributed by atoms with E-state index in [-0.39, 0.29) is 11.1 Å². The lowest BCUT2D eigenvalue weighted by Gasteiger charge is -2.24. The standard InChI is InChI=1S/C24H27N3O5S/c1-3-15-9-10-17(24(26)30)21(20(15)18(25)13-14-7-5-4-6-8-14)16-11-12-19(28)22(23(16)29)27-33(2,31)32/h4-12,18,27-29H,3,13,25H2,1-2H3,(H2,26,30). The molecular formula is C24H27N3O5S. The number of anilines is 1. The second-order valence-corrected chi connectivity index (χ2v) is 9.55. The fraction of sp³-hybridized carbons (Fsp3) is 0.208. The number of carbonyl (C=O) groups is 1. The van der Waals surface area contributed by atoms with Crippen LogP contribution in [0.2, 0.25) is 0 Å². The number of amides is 1. The lowest BCUT2D eigenvalue weighted by atomic mass is 9.84. The molecule has 0 saturated carbocycles. The maximum Gasteiger partial charge on any atom is 0.249 e. The van der Waals surface area contributed by atoms with Crippen LogP contribution in [0.4, 0.5) is 5.69 Å². The van der Waals surface area contributed by atoms with Crippen LogP contribution in [0.3, 0.4) is 0 Å². The molecule has 1 atom stereocenters. The summed E-state index contributed by atoms with van der Waals surface area (Å²) in [5.41, 5.74) is 14.9. The molecule has 0 aromatic heterocycles. The van der Waals surface area contributed by atoms with Crippen LogP contribution in [-0.4, -0.2) is 30.8 Å². The molecule has 174 valence electrons. The smallest absolute Gasteiger partial charge is 0.249 e. The summed E-state index contributed by atoms with van der Waals surface area (Å²) in [5, 5.41) is 21.1. The van der Waals surface area contributed by atoms with Crippen LogP contribution in [0, 0.1) is 0 Å². The average molecular weight is 470 g/mol. The number of sulfonamides is 1. The van der Waals surface area contributed by atoms with Crippen LogP contribution < -0.4 is 16.2 Å². The third-order valence-corrected chi connectivity index (χ3v) is 5.94. The minimum atomic E-state index is -3.81. The van der Waals surface area contributed by atoms with Crippen molar-refractivity contribution in [3.63, 3.8) is 0 Å². The number of hydrogen-bond acceptors (Lipinski definition) is 6. The molecule has 9 heteroatoms. The van der Waals surface area contributed by atoms with E-state index in [4.69, 9.17) is 11.5 Å². The highest BCUT2D eigenvalue weighted by Crippen LogP contribution is 2.45. The Kier molecular flexibility index (Phi) is 6.95. The second kappa shape index (κ2) is 9.51. The quantitative estimate of drug-likeness (QED) is 0.319. The number of carbonyl (C=O) groups excluding carboxylic acids is 1. The van der Waals surface area contributed by atoms with E-state index >= 15 is 0 Å². The number of nitrogens with two attached hydrogens (primary N) is 2. The van der Waals surface area contributed by atoms with Crippen molar-refractivity contribution in [2.45, 2.75) is 25.8 Å². The minimum Gasteiger partial charge on any atom is -0.506 e. The summed E-state index contributed by atoms with van der Waals surface area (Å²) in [4.78, 5) is 12.4. The van der Waals surface area contributed by atoms with Crippen molar-refractivity contribution >= 4 is 21.6 Å². The van der Waals surface area contributed by atoms with Gasteiger partial charge < -0.3 is 21.7 Å². The molecule has 3 aromatic carbocycles. The van der Waals surface area contributed by atoms with Gasteiger partial charge in [0.15, 0.2) is 5.75 Å². The molecule has 3 rings (SSSR count). The molecule has 7 N–H and O–H groups in total. The molecule has 3 aromatic rings. The van der Waals surface area contributed by atoms with E-state index in [2.05, 4.69) is 4.72 Å². The average Bonchev–Trinajstić information content (AvgIpc) is 2.75. The van der Waals surface area contributed by atoms with Crippen molar-refractivity contribution in [2.75, 3.05) is 11.0 Å². The Labute approximate surface area is 192 Å². The Balaban J connectivity index is 2.31. The summed E-state index contributed by atoms with van der Waals surface area (Å²) in [7, 11) is -3.81. The maximum atomic E-state index is 12.4. The Bertz CT molecular complexity index is 1290. The highest BCUT2D eigenvalue weighted by molar-refractivity contribution is 7.92. The molecule has 8 nitrogen and oxygen atoms in total. The predicted octanol–water partition coefficient (Wildman–Crippen LogP) is 3.04. The van der Waals surface area contributed by atoms with E-state index in [1.807, 2.05) is 37.3 Å². The zero-order valence-electron chi connectivity index (χ0n) is 18.4. The molecule has 1 unspecified atom stereocenters. The molecule has 0 bridgehead atoms. The Morgan fingerprint density at radius 3 is 2.30 bits per heavy atom. The zero-order valence-corrected chi connectivity index (χ0v) is 19.2. The van der Waals surface area contributed by atoms with E-state index in [0.717, 1.165) is 17.4 Å². The van der Waals surface area contributed by atoms with E-state index in [1.165, 1.54) is 12.1 Å². The van der Waals surface area contributed by atoms with Crippen LogP contribution in [0.1, 0.15) is 40.0 Å². The Hall–Kier alpha value is -3.56. The van der Waals surface area contributed by atoms with Crippen molar-refractivity contribution in [3.05, 3.63) is 76.9 Å². The third-order valence-electron chi connectivity index (χ3n) is 5.36. The van der Waals surface area contributed by atoms with Gasteiger partial charge in [0.1, 0.15) is 11.4 Å². The first-order valence-electron chi connectivity index (χ1n) is 10.3. The summed E-state index contributed by atoms with van der Waals surface area (Å²) in [6.45, 7) is 1.94. The molecule has 1 amide bonds. The largest absolute Gasteiger partial charge is 0.506 e. The second-order valence-electron chi connectivity index (χ2n) is 7.81. The first kappa shape index (κ1) is 24.1. The van der Waals surface area contributed by atoms with Gasteiger partial charge in [-0.1, -0.05) is 43.3 Å². The van der Waals surface area contributed by atoms with Gasteiger partial charge in [0.25, 0.3) is 0 Å². The molecule has 0 saturated heterocycles. The van der Waals surface area contributed by atoms with Crippen molar-refractivity contribution in [1.82, 2.24) is 0 Å². The van der Waals surface area contributed by atoms with E-state index < -0.39 is 39.2 Å². The van der Waals surface area contributed by atoms with Gasteiger partial charge in [0.2, 0.25) is 15.9 Å². The molecule has 33 heavy (non-hydrogen) atoms. The van der Waals surface area contributed by atoms with Crippen molar-refractivity contribution in [1.29, 1.82) is 0 Å². The number of benzene rings is 3. The molecule has 0 aliphatic rings. The van der Waals surface area contributed by atoms with Crippen LogP contribution in [0.25, 0.3) is 11.1 Å². The monoisotopic (exact) mass is 469 g/mol. The van der Waals surface area contributed by atoms with E-state index in [9.17, 15) is 23.4 Å². The van der Waals surface area contributed by atoms with Crippen molar-refractivity contribution in [3.8, 4) is 22.6 Å². The van der Waals surface area contributed by atoms with E-state index in [0.29, 0.717) is 24.0 Å². The number of aryl methyl sites for hydroxylation is 1. The summed E-state index contributed by atoms with van der Waals surface area (Å²) in [6.07, 6.45) is 1.94. The lowest BCUT2D eigenvalue weighted by Crippen LogP contribution is -2.20. The number of rotatable bonds is 8. The number of nitrogens with one attached hydrogen (secondary N) is 1. The number of primary amides is 1. The molecule has 0 radical (unpaired) electrons. The molecular weight excluding hydrogens is 442 g/mol. The maximum absolute atomic E-state index is 12.4. The van der Waals surface area contributed by atoms with Crippen molar-refractivity contribution < 1.29 is 23.4 Å². The third kappa shape index (κ3) is 5.27. The predicted molar refractivity (Wildman–Crippen MR) is 129 cm³/mol. The highest BCUT2D eigenvalue weighted by Gasteiger charge is 2.26. The van der Waals surface area contributed by atoms with E-state index in [1.54, 1.807) is 12.1 Å². The Morgan fingerprint density at radius 2 is 1.73 bits per heavy atom. The minimum absolute atomic E-state index is 0.122. The summed E-state index contributed by atoms with van der Waals surface area (Å²) in [6, 6.07) is 15.0. The van der Waals surface area contributed by atoms with Crippen LogP contribution in [0.15, 0.2) is 54.6 Å². The normalized spacial score (nSPS) is 12.3. The molecule has 0 aliphatic carbocycles. The summed E-state index contributed by atoms with van der Waals surface area (Å²) >= 11 is 0. The fourth-order valence-electron chi connectivity index (χ4n) is 3.93. The van der Waals surface area contributed by atoms with Gasteiger partial charge in [0.05, 0.1) is 6.26 Å². The van der Waals surface area contributed by atoms with Gasteiger partial charge in [-0.25, -0.2) is 8.42 Å². The number of aromatic hydroxyl groups is 2. The van der Waals surface area contributed by atoms with Crippen LogP contribution in [0.5, 0.6) is 11.5 Å². The SMILES string of the molecule is CCc1ccc(C(N)=O)c(-c2ccc(O)c(NS(C)(=O)=O)c2O)c1C(N)Cc1ccccc1. The van der Waals surface area contributed by atoms with Gasteiger partial charge >= 0.3 is 0 Å². The number of phenols is 2. The molecule has 0 heterocycles. The van der Waals surface area contributed by atoms with Gasteiger partial charge in [-0.2, -0.15) is 0 Å².